The molecule has 2 fully saturated rings. The largest absolute Gasteiger partial charge is 0.368 e. The van der Waals surface area contributed by atoms with Crippen molar-refractivity contribution >= 4 is 23.2 Å². The molecule has 8 heteroatoms. The van der Waals surface area contributed by atoms with E-state index in [4.69, 9.17) is 11.6 Å². The Morgan fingerprint density at radius 1 is 1.00 bits per heavy atom. The predicted molar refractivity (Wildman–Crippen MR) is 124 cm³/mol. The van der Waals surface area contributed by atoms with Gasteiger partial charge in [0.15, 0.2) is 11.4 Å². The van der Waals surface area contributed by atoms with Gasteiger partial charge in [0.1, 0.15) is 12.1 Å². The number of halogens is 1. The number of anilines is 1. The van der Waals surface area contributed by atoms with Crippen LogP contribution in [0.25, 0.3) is 0 Å². The van der Waals surface area contributed by atoms with Gasteiger partial charge < -0.3 is 9.80 Å². The Morgan fingerprint density at radius 2 is 1.64 bits per heavy atom. The molecule has 2 aliphatic carbocycles. The normalized spacial score (nSPS) is 27.1. The first-order chi connectivity index (χ1) is 15.7. The summed E-state index contributed by atoms with van der Waals surface area (Å²) >= 11 is 6.16. The highest BCUT2D eigenvalue weighted by Gasteiger charge is 2.73. The Hall–Kier alpha value is -3.16. The first-order valence-corrected chi connectivity index (χ1v) is 11.6. The molecule has 2 heterocycles. The molecule has 3 aliphatic rings. The first-order valence-electron chi connectivity index (χ1n) is 11.2. The number of nitrogens with zero attached hydrogens (tertiary/aromatic N) is 6. The summed E-state index contributed by atoms with van der Waals surface area (Å²) in [4.78, 5) is 27.6. The Labute approximate surface area is 198 Å². The lowest BCUT2D eigenvalue weighted by Gasteiger charge is -2.44. The number of rotatable bonds is 2. The highest BCUT2D eigenvalue weighted by atomic mass is 35.5. The Bertz CT molecular complexity index is 1250. The molecular weight excluding hydrogens is 436 g/mol. The Morgan fingerprint density at radius 3 is 2.24 bits per heavy atom. The molecule has 0 spiro atoms. The van der Waals surface area contributed by atoms with Gasteiger partial charge in [0, 0.05) is 42.3 Å². The minimum absolute atomic E-state index is 0.00107. The smallest absolute Gasteiger partial charge is 0.235 e. The third-order valence-electron chi connectivity index (χ3n) is 8.59. The molecule has 5 rings (SSSR count). The first kappa shape index (κ1) is 21.7. The highest BCUT2D eigenvalue weighted by Crippen LogP contribution is 2.70. The van der Waals surface area contributed by atoms with Gasteiger partial charge in [0.2, 0.25) is 5.91 Å². The number of benzene rings is 1. The van der Waals surface area contributed by atoms with E-state index in [2.05, 4.69) is 35.6 Å². The number of hydrogen-bond acceptors (Lipinski definition) is 6. The van der Waals surface area contributed by atoms with Crippen LogP contribution in [0.5, 0.6) is 0 Å². The topological polar surface area (TPSA) is 96.9 Å². The maximum absolute atomic E-state index is 14.2. The average molecular weight is 461 g/mol. The van der Waals surface area contributed by atoms with Crippen LogP contribution < -0.4 is 4.90 Å². The summed E-state index contributed by atoms with van der Waals surface area (Å²) in [6.07, 6.45) is 1.47. The molecule has 1 aromatic heterocycles. The van der Waals surface area contributed by atoms with Crippen LogP contribution in [0.4, 0.5) is 5.69 Å². The second-order valence-corrected chi connectivity index (χ2v) is 10.4. The predicted octanol–water partition coefficient (Wildman–Crippen LogP) is 3.55. The molecule has 0 radical (unpaired) electrons. The van der Waals surface area contributed by atoms with Crippen LogP contribution in [0.15, 0.2) is 24.3 Å². The molecule has 1 saturated heterocycles. The summed E-state index contributed by atoms with van der Waals surface area (Å²) in [5.41, 5.74) is 0.736. The molecule has 0 N–H and O–H groups in total. The second kappa shape index (κ2) is 7.17. The molecule has 2 bridgehead atoms. The van der Waals surface area contributed by atoms with Crippen LogP contribution in [0.1, 0.15) is 56.4 Å². The van der Waals surface area contributed by atoms with Gasteiger partial charge in [-0.25, -0.2) is 9.97 Å². The van der Waals surface area contributed by atoms with Crippen LogP contribution in [0, 0.1) is 28.1 Å². The van der Waals surface area contributed by atoms with Gasteiger partial charge in [0.05, 0.1) is 16.8 Å². The van der Waals surface area contributed by atoms with Crippen LogP contribution in [0.2, 0.25) is 5.02 Å². The Kier molecular flexibility index (Phi) is 4.71. The summed E-state index contributed by atoms with van der Waals surface area (Å²) < 4.78 is 0. The SMILES string of the molecule is CC12CCC(C(=O)N3CCN(c4cccc(Cl)c4)CC3)(c3nc(C#N)c(C#N)nc31)C2(C)C. The minimum atomic E-state index is -0.845. The molecule has 1 amide bonds. The molecular formula is C25H25ClN6O. The van der Waals surface area contributed by atoms with Gasteiger partial charge in [0.25, 0.3) is 0 Å². The lowest BCUT2D eigenvalue weighted by Crippen LogP contribution is -2.57. The van der Waals surface area contributed by atoms with Gasteiger partial charge in [-0.1, -0.05) is 38.4 Å². The van der Waals surface area contributed by atoms with E-state index in [9.17, 15) is 15.3 Å². The third kappa shape index (κ3) is 2.69. The number of piperazine rings is 1. The van der Waals surface area contributed by atoms with Gasteiger partial charge in [-0.3, -0.25) is 4.79 Å². The van der Waals surface area contributed by atoms with Crippen molar-refractivity contribution in [3.05, 3.63) is 52.1 Å². The van der Waals surface area contributed by atoms with Gasteiger partial charge in [-0.15, -0.1) is 0 Å². The summed E-state index contributed by atoms with van der Waals surface area (Å²) in [7, 11) is 0. The Balaban J connectivity index is 1.50. The van der Waals surface area contributed by atoms with E-state index >= 15 is 0 Å². The molecule has 2 unspecified atom stereocenters. The number of fused-ring (bicyclic) bond motifs is 5. The zero-order valence-corrected chi connectivity index (χ0v) is 19.8. The molecule has 1 aliphatic heterocycles. The van der Waals surface area contributed by atoms with Crippen LogP contribution in [0.3, 0.4) is 0 Å². The number of nitriles is 2. The lowest BCUT2D eigenvalue weighted by molar-refractivity contribution is -0.141. The van der Waals surface area contributed by atoms with Crippen LogP contribution in [-0.4, -0.2) is 47.0 Å². The van der Waals surface area contributed by atoms with Crippen molar-refractivity contribution in [1.29, 1.82) is 10.5 Å². The van der Waals surface area contributed by atoms with Crippen molar-refractivity contribution in [2.45, 2.75) is 44.4 Å². The molecule has 168 valence electrons. The van der Waals surface area contributed by atoms with Crippen molar-refractivity contribution in [3.63, 3.8) is 0 Å². The number of carbonyl (C=O) groups is 1. The van der Waals surface area contributed by atoms with Crippen LogP contribution >= 0.6 is 11.6 Å². The second-order valence-electron chi connectivity index (χ2n) is 9.96. The lowest BCUT2D eigenvalue weighted by atomic mass is 9.63. The van der Waals surface area contributed by atoms with Crippen molar-refractivity contribution in [1.82, 2.24) is 14.9 Å². The fourth-order valence-electron chi connectivity index (χ4n) is 6.22. The van der Waals surface area contributed by atoms with Crippen molar-refractivity contribution in [2.24, 2.45) is 5.41 Å². The quantitative estimate of drug-likeness (QED) is 0.679. The summed E-state index contributed by atoms with van der Waals surface area (Å²) in [5, 5.41) is 19.7. The molecule has 7 nitrogen and oxygen atoms in total. The van der Waals surface area contributed by atoms with Crippen molar-refractivity contribution < 1.29 is 4.79 Å². The fraction of sp³-hybridized carbons (Fsp3) is 0.480. The van der Waals surface area contributed by atoms with E-state index in [-0.39, 0.29) is 22.7 Å². The summed E-state index contributed by atoms with van der Waals surface area (Å²) in [6, 6.07) is 11.8. The van der Waals surface area contributed by atoms with Gasteiger partial charge >= 0.3 is 0 Å². The maximum atomic E-state index is 14.2. The number of carbonyl (C=O) groups excluding carboxylic acids is 1. The molecule has 2 atom stereocenters. The van der Waals surface area contributed by atoms with E-state index in [0.29, 0.717) is 35.9 Å². The minimum Gasteiger partial charge on any atom is -0.368 e. The van der Waals surface area contributed by atoms with Crippen molar-refractivity contribution in [2.75, 3.05) is 31.1 Å². The highest BCUT2D eigenvalue weighted by molar-refractivity contribution is 6.30. The van der Waals surface area contributed by atoms with E-state index < -0.39 is 10.8 Å². The van der Waals surface area contributed by atoms with E-state index in [1.807, 2.05) is 41.3 Å². The molecule has 33 heavy (non-hydrogen) atoms. The summed E-state index contributed by atoms with van der Waals surface area (Å²) in [5.74, 6) is 0.0589. The van der Waals surface area contributed by atoms with Crippen molar-refractivity contribution in [3.8, 4) is 12.1 Å². The van der Waals surface area contributed by atoms with E-state index in [0.717, 1.165) is 25.2 Å². The molecule has 1 saturated carbocycles. The zero-order chi connectivity index (χ0) is 23.6. The van der Waals surface area contributed by atoms with Gasteiger partial charge in [-0.05, 0) is 36.5 Å². The fourth-order valence-corrected chi connectivity index (χ4v) is 6.41. The number of aromatic nitrogens is 2. The third-order valence-corrected chi connectivity index (χ3v) is 8.82. The average Bonchev–Trinajstić information content (AvgIpc) is 3.12. The molecule has 2 aromatic rings. The molecule has 1 aromatic carbocycles. The zero-order valence-electron chi connectivity index (χ0n) is 19.0. The standard InChI is InChI=1S/C25H25ClN6O/c1-23(2)24(3)7-8-25(23,21-20(24)29-18(14-27)19(15-28)30-21)22(33)32-11-9-31(10-12-32)17-6-4-5-16(26)13-17/h4-6,13H,7-12H2,1-3H3. The van der Waals surface area contributed by atoms with E-state index in [1.165, 1.54) is 0 Å². The van der Waals surface area contributed by atoms with E-state index in [1.54, 1.807) is 0 Å². The van der Waals surface area contributed by atoms with Gasteiger partial charge in [-0.2, -0.15) is 10.5 Å². The van der Waals surface area contributed by atoms with Crippen LogP contribution in [-0.2, 0) is 15.6 Å². The summed E-state index contributed by atoms with van der Waals surface area (Å²) in [6.45, 7) is 8.98. The number of hydrogen-bond donors (Lipinski definition) is 0. The monoisotopic (exact) mass is 460 g/mol. The maximum Gasteiger partial charge on any atom is 0.235 e. The number of amides is 1.